The van der Waals surface area contributed by atoms with E-state index in [-0.39, 0.29) is 6.10 Å². The van der Waals surface area contributed by atoms with Gasteiger partial charge in [0, 0.05) is 12.4 Å². The number of aromatic nitrogens is 1. The Morgan fingerprint density at radius 2 is 2.46 bits per heavy atom. The molecule has 0 bridgehead atoms. The van der Waals surface area contributed by atoms with Gasteiger partial charge in [-0.05, 0) is 37.0 Å². The first-order chi connectivity index (χ1) is 6.25. The number of hydrogen-bond acceptors (Lipinski definition) is 2. The fourth-order valence-electron chi connectivity index (χ4n) is 1.29. The smallest absolute Gasteiger partial charge is 0.0796 e. The van der Waals surface area contributed by atoms with Crippen LogP contribution in [0.4, 0.5) is 0 Å². The van der Waals surface area contributed by atoms with Crippen LogP contribution in [0.1, 0.15) is 30.1 Å². The Kier molecular flexibility index (Phi) is 3.65. The summed E-state index contributed by atoms with van der Waals surface area (Å²) in [6.45, 7) is 5.58. The van der Waals surface area contributed by atoms with Crippen molar-refractivity contribution in [1.29, 1.82) is 0 Å². The summed E-state index contributed by atoms with van der Waals surface area (Å²) < 4.78 is 0. The molecule has 0 fully saturated rings. The highest BCUT2D eigenvalue weighted by molar-refractivity contribution is 5.23. The molecule has 0 radical (unpaired) electrons. The van der Waals surface area contributed by atoms with Crippen LogP contribution in [0.2, 0.25) is 0 Å². The molecule has 1 N–H and O–H groups in total. The molecule has 1 heterocycles. The highest BCUT2D eigenvalue weighted by atomic mass is 16.3. The number of aliphatic hydroxyl groups is 1. The van der Waals surface area contributed by atoms with Gasteiger partial charge in [-0.15, -0.1) is 6.58 Å². The summed E-state index contributed by atoms with van der Waals surface area (Å²) in [5.74, 6) is 0. The van der Waals surface area contributed by atoms with Crippen LogP contribution in [0.3, 0.4) is 0 Å². The molecule has 0 spiro atoms. The van der Waals surface area contributed by atoms with E-state index in [0.29, 0.717) is 0 Å². The molecule has 0 saturated carbocycles. The molecule has 13 heavy (non-hydrogen) atoms. The molecule has 0 amide bonds. The molecule has 1 atom stereocenters. The van der Waals surface area contributed by atoms with Gasteiger partial charge in [-0.25, -0.2) is 0 Å². The first kappa shape index (κ1) is 9.93. The van der Waals surface area contributed by atoms with Gasteiger partial charge >= 0.3 is 0 Å². The first-order valence-corrected chi connectivity index (χ1v) is 4.45. The molecule has 0 aliphatic carbocycles. The summed E-state index contributed by atoms with van der Waals surface area (Å²) in [6, 6.07) is 1.86. The minimum absolute atomic E-state index is 0.388. The van der Waals surface area contributed by atoms with Crippen molar-refractivity contribution in [3.63, 3.8) is 0 Å². The third kappa shape index (κ3) is 2.67. The van der Waals surface area contributed by atoms with Crippen LogP contribution in [0.15, 0.2) is 31.1 Å². The van der Waals surface area contributed by atoms with Gasteiger partial charge in [0.2, 0.25) is 0 Å². The number of aryl methyl sites for hydroxylation is 1. The number of rotatable bonds is 4. The zero-order valence-corrected chi connectivity index (χ0v) is 7.90. The van der Waals surface area contributed by atoms with Crippen molar-refractivity contribution in [2.45, 2.75) is 25.9 Å². The minimum Gasteiger partial charge on any atom is -0.388 e. The molecule has 1 rings (SSSR count). The average molecular weight is 177 g/mol. The van der Waals surface area contributed by atoms with Crippen LogP contribution in [-0.2, 0) is 0 Å². The molecule has 1 aromatic heterocycles. The molecule has 2 heteroatoms. The van der Waals surface area contributed by atoms with Gasteiger partial charge in [0.05, 0.1) is 6.10 Å². The Hall–Kier alpha value is -1.15. The SMILES string of the molecule is C=CCCC(O)c1ccncc1C. The van der Waals surface area contributed by atoms with Crippen molar-refractivity contribution >= 4 is 0 Å². The lowest BCUT2D eigenvalue weighted by molar-refractivity contribution is 0.168. The minimum atomic E-state index is -0.388. The molecular formula is C11H15NO. The second kappa shape index (κ2) is 4.77. The molecule has 0 aromatic carbocycles. The van der Waals surface area contributed by atoms with Crippen molar-refractivity contribution in [1.82, 2.24) is 4.98 Å². The lowest BCUT2D eigenvalue weighted by Gasteiger charge is -2.11. The quantitative estimate of drug-likeness (QED) is 0.716. The van der Waals surface area contributed by atoms with Crippen molar-refractivity contribution in [3.05, 3.63) is 42.2 Å². The molecule has 70 valence electrons. The van der Waals surface area contributed by atoms with Crippen LogP contribution < -0.4 is 0 Å². The van der Waals surface area contributed by atoms with Crippen molar-refractivity contribution in [2.24, 2.45) is 0 Å². The highest BCUT2D eigenvalue weighted by Crippen LogP contribution is 2.20. The third-order valence-corrected chi connectivity index (χ3v) is 2.07. The summed E-state index contributed by atoms with van der Waals surface area (Å²) in [4.78, 5) is 3.98. The topological polar surface area (TPSA) is 33.1 Å². The maximum absolute atomic E-state index is 9.76. The van der Waals surface area contributed by atoms with E-state index in [1.165, 1.54) is 0 Å². The molecule has 1 unspecified atom stereocenters. The summed E-state index contributed by atoms with van der Waals surface area (Å²) in [7, 11) is 0. The summed E-state index contributed by atoms with van der Waals surface area (Å²) in [5.41, 5.74) is 2.01. The Labute approximate surface area is 78.9 Å². The number of hydrogen-bond donors (Lipinski definition) is 1. The summed E-state index contributed by atoms with van der Waals surface area (Å²) >= 11 is 0. The van der Waals surface area contributed by atoms with Crippen LogP contribution in [0.5, 0.6) is 0 Å². The van der Waals surface area contributed by atoms with Gasteiger partial charge in [0.15, 0.2) is 0 Å². The number of pyridine rings is 1. The zero-order chi connectivity index (χ0) is 9.68. The first-order valence-electron chi connectivity index (χ1n) is 4.45. The maximum atomic E-state index is 9.76. The van der Waals surface area contributed by atoms with Crippen LogP contribution in [0, 0.1) is 6.92 Å². The van der Waals surface area contributed by atoms with Crippen LogP contribution in [0.25, 0.3) is 0 Å². The predicted octanol–water partition coefficient (Wildman–Crippen LogP) is 2.39. The van der Waals surface area contributed by atoms with E-state index in [2.05, 4.69) is 11.6 Å². The second-order valence-electron chi connectivity index (χ2n) is 3.11. The van der Waals surface area contributed by atoms with E-state index in [1.807, 2.05) is 19.1 Å². The van der Waals surface area contributed by atoms with Crippen LogP contribution in [-0.4, -0.2) is 10.1 Å². The normalized spacial score (nSPS) is 12.5. The number of nitrogens with zero attached hydrogens (tertiary/aromatic N) is 1. The number of allylic oxidation sites excluding steroid dienone is 1. The second-order valence-corrected chi connectivity index (χ2v) is 3.11. The standard InChI is InChI=1S/C11H15NO/c1-3-4-5-11(13)10-6-7-12-8-9(10)2/h3,6-8,11,13H,1,4-5H2,2H3. The zero-order valence-electron chi connectivity index (χ0n) is 7.90. The van der Waals surface area contributed by atoms with Gasteiger partial charge in [0.1, 0.15) is 0 Å². The maximum Gasteiger partial charge on any atom is 0.0796 e. The van der Waals surface area contributed by atoms with E-state index in [9.17, 15) is 5.11 Å². The fourth-order valence-corrected chi connectivity index (χ4v) is 1.29. The molecule has 0 aliphatic rings. The summed E-state index contributed by atoms with van der Waals surface area (Å²) in [6.07, 6.45) is 6.48. The van der Waals surface area contributed by atoms with Gasteiger partial charge in [0.25, 0.3) is 0 Å². The highest BCUT2D eigenvalue weighted by Gasteiger charge is 2.08. The van der Waals surface area contributed by atoms with Gasteiger partial charge in [-0.1, -0.05) is 6.08 Å². The van der Waals surface area contributed by atoms with E-state index in [4.69, 9.17) is 0 Å². The van der Waals surface area contributed by atoms with Crippen LogP contribution >= 0.6 is 0 Å². The van der Waals surface area contributed by atoms with Gasteiger partial charge in [-0.3, -0.25) is 4.98 Å². The Morgan fingerprint density at radius 3 is 3.08 bits per heavy atom. The van der Waals surface area contributed by atoms with E-state index in [1.54, 1.807) is 12.4 Å². The largest absolute Gasteiger partial charge is 0.388 e. The lowest BCUT2D eigenvalue weighted by atomic mass is 10.0. The monoisotopic (exact) mass is 177 g/mol. The Balaban J connectivity index is 2.70. The molecule has 0 saturated heterocycles. The molecule has 1 aromatic rings. The van der Waals surface area contributed by atoms with E-state index < -0.39 is 0 Å². The van der Waals surface area contributed by atoms with Gasteiger partial charge in [-0.2, -0.15) is 0 Å². The molecular weight excluding hydrogens is 162 g/mol. The van der Waals surface area contributed by atoms with Crippen molar-refractivity contribution < 1.29 is 5.11 Å². The summed E-state index contributed by atoms with van der Waals surface area (Å²) in [5, 5.41) is 9.76. The van der Waals surface area contributed by atoms with Crippen molar-refractivity contribution in [2.75, 3.05) is 0 Å². The van der Waals surface area contributed by atoms with E-state index in [0.717, 1.165) is 24.0 Å². The Morgan fingerprint density at radius 1 is 1.69 bits per heavy atom. The van der Waals surface area contributed by atoms with E-state index >= 15 is 0 Å². The van der Waals surface area contributed by atoms with Crippen molar-refractivity contribution in [3.8, 4) is 0 Å². The fraction of sp³-hybridized carbons (Fsp3) is 0.364. The van der Waals surface area contributed by atoms with Gasteiger partial charge < -0.3 is 5.11 Å². The molecule has 2 nitrogen and oxygen atoms in total. The Bertz CT molecular complexity index is 283. The predicted molar refractivity (Wildman–Crippen MR) is 53.4 cm³/mol. The molecule has 0 aliphatic heterocycles. The third-order valence-electron chi connectivity index (χ3n) is 2.07. The lowest BCUT2D eigenvalue weighted by Crippen LogP contribution is -1.99. The number of aliphatic hydroxyl groups excluding tert-OH is 1. The average Bonchev–Trinajstić information content (AvgIpc) is 2.15.